The van der Waals surface area contributed by atoms with Crippen LogP contribution in [0.25, 0.3) is 22.2 Å². The maximum absolute atomic E-state index is 13.0. The fourth-order valence-corrected chi connectivity index (χ4v) is 5.58. The van der Waals surface area contributed by atoms with Crippen LogP contribution in [0.4, 0.5) is 0 Å². The monoisotopic (exact) mass is 455 g/mol. The van der Waals surface area contributed by atoms with E-state index in [0.717, 1.165) is 11.1 Å². The Hall–Kier alpha value is -3.01. The van der Waals surface area contributed by atoms with Crippen LogP contribution >= 0.6 is 11.3 Å². The van der Waals surface area contributed by atoms with Gasteiger partial charge in [0.2, 0.25) is 15.8 Å². The number of benzene rings is 2. The Bertz CT molecular complexity index is 1280. The van der Waals surface area contributed by atoms with Gasteiger partial charge in [-0.15, -0.1) is 11.3 Å². The van der Waals surface area contributed by atoms with E-state index in [0.29, 0.717) is 27.9 Å². The highest BCUT2D eigenvalue weighted by Crippen LogP contribution is 2.33. The Morgan fingerprint density at radius 1 is 1.10 bits per heavy atom. The van der Waals surface area contributed by atoms with Crippen molar-refractivity contribution in [1.29, 1.82) is 0 Å². The van der Waals surface area contributed by atoms with E-state index in [4.69, 9.17) is 9.26 Å². The molecule has 4 rings (SSSR count). The summed E-state index contributed by atoms with van der Waals surface area (Å²) in [5.41, 5.74) is 1.60. The molecule has 2 aromatic heterocycles. The second-order valence-corrected chi connectivity index (χ2v) is 9.68. The molecule has 4 aromatic rings. The first-order chi connectivity index (χ1) is 15.0. The van der Waals surface area contributed by atoms with Crippen LogP contribution in [0.3, 0.4) is 0 Å². The van der Waals surface area contributed by atoms with Crippen molar-refractivity contribution in [2.75, 3.05) is 6.61 Å². The second-order valence-electron chi connectivity index (χ2n) is 6.69. The summed E-state index contributed by atoms with van der Waals surface area (Å²) in [5, 5.41) is 4.01. The number of hydrogen-bond donors (Lipinski definition) is 1. The topological polar surface area (TPSA) is 94.3 Å². The molecule has 0 spiro atoms. The summed E-state index contributed by atoms with van der Waals surface area (Å²) in [6.07, 6.45) is 0. The van der Waals surface area contributed by atoms with Crippen LogP contribution in [-0.2, 0) is 16.6 Å². The molecule has 0 aliphatic rings. The van der Waals surface area contributed by atoms with Gasteiger partial charge in [0.15, 0.2) is 0 Å². The van der Waals surface area contributed by atoms with Gasteiger partial charge in [-0.1, -0.05) is 53.7 Å². The van der Waals surface area contributed by atoms with Gasteiger partial charge < -0.3 is 9.26 Å². The molecule has 9 heteroatoms. The lowest BCUT2D eigenvalue weighted by Crippen LogP contribution is -2.23. The van der Waals surface area contributed by atoms with Crippen molar-refractivity contribution in [3.63, 3.8) is 0 Å². The molecule has 0 bridgehead atoms. The first-order valence-corrected chi connectivity index (χ1v) is 12.0. The van der Waals surface area contributed by atoms with Gasteiger partial charge in [-0.2, -0.15) is 4.98 Å². The van der Waals surface area contributed by atoms with Gasteiger partial charge in [0, 0.05) is 22.5 Å². The van der Waals surface area contributed by atoms with E-state index < -0.39 is 10.0 Å². The van der Waals surface area contributed by atoms with Crippen LogP contribution in [-0.4, -0.2) is 25.2 Å². The van der Waals surface area contributed by atoms with Crippen LogP contribution < -0.4 is 9.46 Å². The molecule has 2 aromatic carbocycles. The summed E-state index contributed by atoms with van der Waals surface area (Å²) < 4.78 is 39.5. The molecule has 160 valence electrons. The molecule has 31 heavy (non-hydrogen) atoms. The largest absolute Gasteiger partial charge is 0.494 e. The lowest BCUT2D eigenvalue weighted by atomic mass is 10.2. The summed E-state index contributed by atoms with van der Waals surface area (Å²) in [6, 6.07) is 18.4. The van der Waals surface area contributed by atoms with Crippen molar-refractivity contribution in [1.82, 2.24) is 14.9 Å². The molecule has 2 heterocycles. The van der Waals surface area contributed by atoms with E-state index in [9.17, 15) is 8.42 Å². The van der Waals surface area contributed by atoms with Gasteiger partial charge >= 0.3 is 0 Å². The predicted molar refractivity (Wildman–Crippen MR) is 119 cm³/mol. The Balaban J connectivity index is 1.55. The summed E-state index contributed by atoms with van der Waals surface area (Å²) in [7, 11) is -3.74. The van der Waals surface area contributed by atoms with E-state index in [-0.39, 0.29) is 17.3 Å². The number of para-hydroxylation sites is 1. The Kier molecular flexibility index (Phi) is 6.17. The molecule has 7 nitrogen and oxygen atoms in total. The molecular weight excluding hydrogens is 434 g/mol. The fourth-order valence-electron chi connectivity index (χ4n) is 3.06. The minimum Gasteiger partial charge on any atom is -0.494 e. The summed E-state index contributed by atoms with van der Waals surface area (Å²) >= 11 is 1.30. The average Bonchev–Trinajstić information content (AvgIpc) is 3.41. The second kappa shape index (κ2) is 9.01. The lowest BCUT2D eigenvalue weighted by Gasteiger charge is -2.11. The van der Waals surface area contributed by atoms with Crippen LogP contribution in [0.1, 0.15) is 17.4 Å². The highest BCUT2D eigenvalue weighted by atomic mass is 32.2. The van der Waals surface area contributed by atoms with Crippen molar-refractivity contribution in [2.24, 2.45) is 0 Å². The average molecular weight is 456 g/mol. The number of rotatable bonds is 8. The SMILES string of the molecule is CCOc1ccccc1CNS(=O)(=O)c1cc(-c2nc(-c3ccccc3)no2)sc1C. The van der Waals surface area contributed by atoms with Crippen molar-refractivity contribution in [3.8, 4) is 27.9 Å². The molecule has 0 atom stereocenters. The van der Waals surface area contributed by atoms with Crippen LogP contribution in [0, 0.1) is 6.92 Å². The van der Waals surface area contributed by atoms with E-state index in [2.05, 4.69) is 14.9 Å². The van der Waals surface area contributed by atoms with Crippen LogP contribution in [0.2, 0.25) is 0 Å². The molecule has 0 aliphatic heterocycles. The number of thiophene rings is 1. The Labute approximate surface area is 184 Å². The molecule has 0 amide bonds. The van der Waals surface area contributed by atoms with E-state index in [1.165, 1.54) is 11.3 Å². The van der Waals surface area contributed by atoms with Gasteiger partial charge in [0.05, 0.1) is 16.4 Å². The van der Waals surface area contributed by atoms with E-state index >= 15 is 0 Å². The maximum atomic E-state index is 13.0. The summed E-state index contributed by atoms with van der Waals surface area (Å²) in [4.78, 5) is 5.85. The molecule has 0 aliphatic carbocycles. The minimum atomic E-state index is -3.74. The quantitative estimate of drug-likeness (QED) is 0.416. The molecule has 1 N–H and O–H groups in total. The third-order valence-corrected chi connectivity index (χ3v) is 7.25. The third-order valence-electron chi connectivity index (χ3n) is 4.56. The highest BCUT2D eigenvalue weighted by Gasteiger charge is 2.23. The number of ether oxygens (including phenoxy) is 1. The Morgan fingerprint density at radius 3 is 2.61 bits per heavy atom. The summed E-state index contributed by atoms with van der Waals surface area (Å²) in [6.45, 7) is 4.27. The van der Waals surface area contributed by atoms with Gasteiger partial charge in [0.25, 0.3) is 5.89 Å². The number of nitrogens with one attached hydrogen (secondary N) is 1. The normalized spacial score (nSPS) is 11.5. The number of aryl methyl sites for hydroxylation is 1. The molecule has 0 fully saturated rings. The zero-order chi connectivity index (χ0) is 21.8. The molecule has 0 saturated carbocycles. The number of sulfonamides is 1. The summed E-state index contributed by atoms with van der Waals surface area (Å²) in [5.74, 6) is 1.40. The van der Waals surface area contributed by atoms with Crippen molar-refractivity contribution >= 4 is 21.4 Å². The molecule has 0 saturated heterocycles. The zero-order valence-corrected chi connectivity index (χ0v) is 18.7. The lowest BCUT2D eigenvalue weighted by molar-refractivity contribution is 0.336. The Morgan fingerprint density at radius 2 is 1.84 bits per heavy atom. The predicted octanol–water partition coefficient (Wildman–Crippen LogP) is 4.65. The maximum Gasteiger partial charge on any atom is 0.268 e. The fraction of sp³-hybridized carbons (Fsp3) is 0.182. The van der Waals surface area contributed by atoms with Crippen LogP contribution in [0.5, 0.6) is 5.75 Å². The molecule has 0 radical (unpaired) electrons. The van der Waals surface area contributed by atoms with Crippen LogP contribution in [0.15, 0.2) is 70.1 Å². The van der Waals surface area contributed by atoms with E-state index in [1.54, 1.807) is 13.0 Å². The zero-order valence-electron chi connectivity index (χ0n) is 17.0. The van der Waals surface area contributed by atoms with Crippen molar-refractivity contribution in [3.05, 3.63) is 71.1 Å². The van der Waals surface area contributed by atoms with Gasteiger partial charge in [-0.3, -0.25) is 0 Å². The highest BCUT2D eigenvalue weighted by molar-refractivity contribution is 7.89. The minimum absolute atomic E-state index is 0.127. The smallest absolute Gasteiger partial charge is 0.268 e. The van der Waals surface area contributed by atoms with Gasteiger partial charge in [-0.25, -0.2) is 13.1 Å². The molecule has 0 unspecified atom stereocenters. The number of nitrogens with zero attached hydrogens (tertiary/aromatic N) is 2. The van der Waals surface area contributed by atoms with Crippen molar-refractivity contribution in [2.45, 2.75) is 25.3 Å². The first-order valence-electron chi connectivity index (χ1n) is 9.68. The number of hydrogen-bond acceptors (Lipinski definition) is 7. The van der Waals surface area contributed by atoms with Gasteiger partial charge in [0.1, 0.15) is 5.75 Å². The third kappa shape index (κ3) is 4.68. The molecular formula is C22H21N3O4S2. The first kappa shape index (κ1) is 21.2. The van der Waals surface area contributed by atoms with E-state index in [1.807, 2.05) is 61.5 Å². The van der Waals surface area contributed by atoms with Crippen molar-refractivity contribution < 1.29 is 17.7 Å². The number of aromatic nitrogens is 2. The van der Waals surface area contributed by atoms with Gasteiger partial charge in [-0.05, 0) is 26.0 Å². The standard InChI is InChI=1S/C22H21N3O4S2/c1-3-28-18-12-8-7-11-17(18)14-23-31(26,27)20-13-19(30-15(20)2)22-24-21(25-29-22)16-9-5-4-6-10-16/h4-13,23H,3,14H2,1-2H3.